The first-order valence-corrected chi connectivity index (χ1v) is 8.48. The Labute approximate surface area is 157 Å². The number of nitrogens with zero attached hydrogens (tertiary/aromatic N) is 3. The molecule has 2 N–H and O–H groups in total. The number of rotatable bonds is 7. The van der Waals surface area contributed by atoms with Crippen LogP contribution in [0.25, 0.3) is 0 Å². The minimum absolute atomic E-state index is 0. The van der Waals surface area contributed by atoms with E-state index in [1.54, 1.807) is 0 Å². The second kappa shape index (κ2) is 11.5. The summed E-state index contributed by atoms with van der Waals surface area (Å²) in [5, 5.41) is 6.68. The molecule has 0 spiro atoms. The molecule has 0 saturated carbocycles. The molecule has 0 amide bonds. The number of halogens is 1. The van der Waals surface area contributed by atoms with Gasteiger partial charge in [-0.25, -0.2) is 4.98 Å². The maximum absolute atomic E-state index is 4.58. The van der Waals surface area contributed by atoms with Crippen molar-refractivity contribution in [1.82, 2.24) is 15.6 Å². The predicted octanol–water partition coefficient (Wildman–Crippen LogP) is 3.16. The minimum Gasteiger partial charge on any atom is -0.357 e. The lowest BCUT2D eigenvalue weighted by Crippen LogP contribution is -2.37. The van der Waals surface area contributed by atoms with Gasteiger partial charge in [-0.15, -0.1) is 24.0 Å². The van der Waals surface area contributed by atoms with E-state index in [1.807, 2.05) is 13.2 Å². The van der Waals surface area contributed by atoms with E-state index in [9.17, 15) is 0 Å². The molecule has 1 fully saturated rings. The molecule has 130 valence electrons. The van der Waals surface area contributed by atoms with Crippen molar-refractivity contribution in [2.24, 2.45) is 4.99 Å². The highest BCUT2D eigenvalue weighted by Crippen LogP contribution is 2.17. The van der Waals surface area contributed by atoms with Gasteiger partial charge in [-0.05, 0) is 30.9 Å². The van der Waals surface area contributed by atoms with Crippen molar-refractivity contribution in [2.45, 2.75) is 45.6 Å². The van der Waals surface area contributed by atoms with Crippen LogP contribution in [0.4, 0.5) is 5.82 Å². The minimum atomic E-state index is 0. The second-order valence-corrected chi connectivity index (χ2v) is 5.78. The Balaban J connectivity index is 0.00000264. The maximum Gasteiger partial charge on any atom is 0.191 e. The molecular formula is C17H30IN5. The van der Waals surface area contributed by atoms with E-state index in [4.69, 9.17) is 0 Å². The third-order valence-electron chi connectivity index (χ3n) is 4.00. The normalized spacial score (nSPS) is 14.5. The zero-order valence-electron chi connectivity index (χ0n) is 14.3. The van der Waals surface area contributed by atoms with Crippen molar-refractivity contribution in [1.29, 1.82) is 0 Å². The molecule has 1 aromatic heterocycles. The summed E-state index contributed by atoms with van der Waals surface area (Å²) in [6.07, 6.45) is 8.21. The molecule has 2 heterocycles. The molecule has 6 heteroatoms. The Bertz CT molecular complexity index is 455. The molecule has 0 aliphatic carbocycles. The fourth-order valence-corrected chi connectivity index (χ4v) is 2.64. The molecule has 0 atom stereocenters. The van der Waals surface area contributed by atoms with Gasteiger partial charge in [-0.2, -0.15) is 0 Å². The van der Waals surface area contributed by atoms with E-state index in [1.165, 1.54) is 37.7 Å². The van der Waals surface area contributed by atoms with Gasteiger partial charge in [0.05, 0.1) is 0 Å². The lowest BCUT2D eigenvalue weighted by Gasteiger charge is -2.16. The first-order valence-electron chi connectivity index (χ1n) is 8.48. The third kappa shape index (κ3) is 6.93. The van der Waals surface area contributed by atoms with E-state index < -0.39 is 0 Å². The van der Waals surface area contributed by atoms with Gasteiger partial charge in [0.15, 0.2) is 5.96 Å². The average Bonchev–Trinajstić information content (AvgIpc) is 3.09. The van der Waals surface area contributed by atoms with Gasteiger partial charge in [0.1, 0.15) is 5.82 Å². The van der Waals surface area contributed by atoms with E-state index in [2.05, 4.69) is 44.6 Å². The Morgan fingerprint density at radius 2 is 2.00 bits per heavy atom. The van der Waals surface area contributed by atoms with E-state index in [-0.39, 0.29) is 24.0 Å². The largest absolute Gasteiger partial charge is 0.357 e. The molecule has 1 aromatic rings. The number of anilines is 1. The Morgan fingerprint density at radius 1 is 1.22 bits per heavy atom. The van der Waals surface area contributed by atoms with Crippen LogP contribution >= 0.6 is 24.0 Å². The van der Waals surface area contributed by atoms with Crippen molar-refractivity contribution in [3.8, 4) is 0 Å². The number of nitrogens with one attached hydrogen (secondary N) is 2. The van der Waals surface area contributed by atoms with Crippen LogP contribution in [0.3, 0.4) is 0 Å². The van der Waals surface area contributed by atoms with Crippen LogP contribution in [0.5, 0.6) is 0 Å². The average molecular weight is 431 g/mol. The molecule has 1 saturated heterocycles. The Hall–Kier alpha value is -1.05. The van der Waals surface area contributed by atoms with Crippen LogP contribution < -0.4 is 15.5 Å². The number of guanidine groups is 1. The summed E-state index contributed by atoms with van der Waals surface area (Å²) in [5.74, 6) is 1.96. The fraction of sp³-hybridized carbons (Fsp3) is 0.647. The molecule has 0 unspecified atom stereocenters. The number of hydrogen-bond acceptors (Lipinski definition) is 3. The lowest BCUT2D eigenvalue weighted by molar-refractivity contribution is 0.682. The fourth-order valence-electron chi connectivity index (χ4n) is 2.64. The summed E-state index contributed by atoms with van der Waals surface area (Å²) in [6, 6.07) is 4.28. The number of pyridine rings is 1. The monoisotopic (exact) mass is 431 g/mol. The summed E-state index contributed by atoms with van der Waals surface area (Å²) < 4.78 is 0. The van der Waals surface area contributed by atoms with Gasteiger partial charge >= 0.3 is 0 Å². The zero-order chi connectivity index (χ0) is 15.6. The summed E-state index contributed by atoms with van der Waals surface area (Å²) in [5.41, 5.74) is 1.18. The first kappa shape index (κ1) is 20.0. The number of hydrogen-bond donors (Lipinski definition) is 2. The first-order chi connectivity index (χ1) is 10.8. The van der Waals surface area contributed by atoms with Gasteiger partial charge in [0, 0.05) is 39.4 Å². The molecule has 1 aliphatic heterocycles. The van der Waals surface area contributed by atoms with Crippen LogP contribution in [-0.4, -0.2) is 37.6 Å². The van der Waals surface area contributed by atoms with Crippen LogP contribution in [0.2, 0.25) is 0 Å². The number of unbranched alkanes of at least 4 members (excludes halogenated alkanes) is 2. The van der Waals surface area contributed by atoms with Gasteiger partial charge in [-0.3, -0.25) is 4.99 Å². The standard InChI is InChI=1S/C17H29N5.HI/c1-3-4-5-10-19-17(18-2)21-14-15-8-9-16(20-13-15)22-11-6-7-12-22;/h8-9,13H,3-7,10-12,14H2,1-2H3,(H2,18,19,21);1H. The molecular weight excluding hydrogens is 401 g/mol. The molecule has 1 aliphatic rings. The highest BCUT2D eigenvalue weighted by atomic mass is 127. The van der Waals surface area contributed by atoms with Gasteiger partial charge in [-0.1, -0.05) is 25.8 Å². The van der Waals surface area contributed by atoms with Crippen LogP contribution in [0.1, 0.15) is 44.6 Å². The van der Waals surface area contributed by atoms with Crippen LogP contribution in [0, 0.1) is 0 Å². The third-order valence-corrected chi connectivity index (χ3v) is 4.00. The summed E-state index contributed by atoms with van der Waals surface area (Å²) >= 11 is 0. The summed E-state index contributed by atoms with van der Waals surface area (Å²) in [7, 11) is 1.81. The maximum atomic E-state index is 4.58. The van der Waals surface area contributed by atoms with Crippen molar-refractivity contribution in [2.75, 3.05) is 31.6 Å². The van der Waals surface area contributed by atoms with E-state index in [0.29, 0.717) is 0 Å². The second-order valence-electron chi connectivity index (χ2n) is 5.78. The van der Waals surface area contributed by atoms with Crippen molar-refractivity contribution < 1.29 is 0 Å². The molecule has 0 radical (unpaired) electrons. The number of aliphatic imine (C=N–C) groups is 1. The highest BCUT2D eigenvalue weighted by Gasteiger charge is 2.12. The van der Waals surface area contributed by atoms with Gasteiger partial charge in [0.25, 0.3) is 0 Å². The molecule has 5 nitrogen and oxygen atoms in total. The van der Waals surface area contributed by atoms with Gasteiger partial charge < -0.3 is 15.5 Å². The Kier molecular flexibility index (Phi) is 9.98. The SMILES string of the molecule is CCCCCNC(=NC)NCc1ccc(N2CCCC2)nc1.I. The van der Waals surface area contributed by atoms with Crippen molar-refractivity contribution >= 4 is 35.8 Å². The van der Waals surface area contributed by atoms with E-state index in [0.717, 1.165) is 38.0 Å². The molecule has 0 bridgehead atoms. The van der Waals surface area contributed by atoms with E-state index >= 15 is 0 Å². The topological polar surface area (TPSA) is 52.6 Å². The van der Waals surface area contributed by atoms with Crippen LogP contribution in [0.15, 0.2) is 23.3 Å². The quantitative estimate of drug-likeness (QED) is 0.302. The summed E-state index contributed by atoms with van der Waals surface area (Å²) in [4.78, 5) is 11.2. The molecule has 23 heavy (non-hydrogen) atoms. The zero-order valence-corrected chi connectivity index (χ0v) is 16.7. The molecule has 0 aromatic carbocycles. The highest BCUT2D eigenvalue weighted by molar-refractivity contribution is 14.0. The summed E-state index contributed by atoms with van der Waals surface area (Å²) in [6.45, 7) is 6.21. The van der Waals surface area contributed by atoms with Crippen molar-refractivity contribution in [3.05, 3.63) is 23.9 Å². The van der Waals surface area contributed by atoms with Gasteiger partial charge in [0.2, 0.25) is 0 Å². The van der Waals surface area contributed by atoms with Crippen molar-refractivity contribution in [3.63, 3.8) is 0 Å². The smallest absolute Gasteiger partial charge is 0.191 e. The predicted molar refractivity (Wildman–Crippen MR) is 109 cm³/mol. The van der Waals surface area contributed by atoms with Crippen LogP contribution in [-0.2, 0) is 6.54 Å². The number of aromatic nitrogens is 1. The Morgan fingerprint density at radius 3 is 2.61 bits per heavy atom. The lowest BCUT2D eigenvalue weighted by atomic mass is 10.2. The molecule has 2 rings (SSSR count).